The highest BCUT2D eigenvalue weighted by atomic mass is 32.1. The normalized spacial score (nSPS) is 30.0. The summed E-state index contributed by atoms with van der Waals surface area (Å²) in [5.41, 5.74) is 2.49. The Labute approximate surface area is 169 Å². The summed E-state index contributed by atoms with van der Waals surface area (Å²) < 4.78 is 5.21. The molecule has 0 saturated heterocycles. The van der Waals surface area contributed by atoms with Gasteiger partial charge in [-0.05, 0) is 91.5 Å². The van der Waals surface area contributed by atoms with E-state index >= 15 is 0 Å². The number of hydrogen-bond acceptors (Lipinski definition) is 3. The number of ether oxygens (including phenoxy) is 1. The summed E-state index contributed by atoms with van der Waals surface area (Å²) in [5, 5.41) is 11.7. The third kappa shape index (κ3) is 2.93. The number of carboxylic acids is 1. The second kappa shape index (κ2) is 6.67. The van der Waals surface area contributed by atoms with Crippen LogP contribution in [0.2, 0.25) is 0 Å². The van der Waals surface area contributed by atoms with Gasteiger partial charge in [0.1, 0.15) is 5.75 Å². The van der Waals surface area contributed by atoms with Crippen LogP contribution in [-0.4, -0.2) is 18.2 Å². The Hall–Kier alpha value is -2.25. The number of benzene rings is 1. The maximum absolute atomic E-state index is 12.0. The van der Waals surface area contributed by atoms with Crippen molar-refractivity contribution in [2.45, 2.75) is 43.9 Å². The maximum atomic E-state index is 12.0. The Morgan fingerprint density at radius 1 is 1.07 bits per heavy atom. The van der Waals surface area contributed by atoms with Gasteiger partial charge < -0.3 is 9.84 Å². The first-order chi connectivity index (χ1) is 13.6. The Morgan fingerprint density at radius 3 is 2.21 bits per heavy atom. The molecule has 6 rings (SSSR count). The van der Waals surface area contributed by atoms with Crippen molar-refractivity contribution in [3.05, 3.63) is 51.2 Å². The predicted molar refractivity (Wildman–Crippen MR) is 110 cm³/mol. The van der Waals surface area contributed by atoms with Crippen LogP contribution >= 0.6 is 11.3 Å². The van der Waals surface area contributed by atoms with Crippen LogP contribution in [0.3, 0.4) is 0 Å². The van der Waals surface area contributed by atoms with Crippen LogP contribution in [-0.2, 0) is 5.41 Å². The zero-order valence-corrected chi connectivity index (χ0v) is 16.8. The highest BCUT2D eigenvalue weighted by Crippen LogP contribution is 2.62. The molecule has 3 nitrogen and oxygen atoms in total. The molecular weight excluding hydrogens is 368 g/mol. The van der Waals surface area contributed by atoms with Gasteiger partial charge in [-0.2, -0.15) is 0 Å². The van der Waals surface area contributed by atoms with Crippen molar-refractivity contribution >= 4 is 17.3 Å². The molecule has 4 fully saturated rings. The molecule has 0 radical (unpaired) electrons. The van der Waals surface area contributed by atoms with Gasteiger partial charge in [-0.25, -0.2) is 4.79 Å². The molecule has 144 valence electrons. The molecular formula is C24H24O3S. The Balaban J connectivity index is 1.56. The summed E-state index contributed by atoms with van der Waals surface area (Å²) in [6, 6.07) is 7.70. The lowest BCUT2D eigenvalue weighted by molar-refractivity contribution is -0.00570. The van der Waals surface area contributed by atoms with Crippen LogP contribution < -0.4 is 4.74 Å². The highest BCUT2D eigenvalue weighted by Gasteiger charge is 2.53. The van der Waals surface area contributed by atoms with Gasteiger partial charge in [-0.15, -0.1) is 11.3 Å². The number of carboxylic acid groups (broad SMARTS) is 1. The lowest BCUT2D eigenvalue weighted by atomic mass is 9.47. The summed E-state index contributed by atoms with van der Waals surface area (Å²) in [6.45, 7) is 0. The SMILES string of the molecule is COc1ccc(C#Cc2scc(C(=O)O)c2C23CC4CC(CC(C4)C2)C3)cc1. The van der Waals surface area contributed by atoms with E-state index in [4.69, 9.17) is 4.74 Å². The van der Waals surface area contributed by atoms with E-state index in [0.29, 0.717) is 5.56 Å². The first-order valence-corrected chi connectivity index (χ1v) is 11.0. The molecule has 0 amide bonds. The zero-order valence-electron chi connectivity index (χ0n) is 16.0. The number of aromatic carboxylic acids is 1. The van der Waals surface area contributed by atoms with Gasteiger partial charge in [0.15, 0.2) is 0 Å². The Bertz CT molecular complexity index is 938. The van der Waals surface area contributed by atoms with Gasteiger partial charge in [0.2, 0.25) is 0 Å². The van der Waals surface area contributed by atoms with Crippen molar-refractivity contribution in [1.29, 1.82) is 0 Å². The van der Waals surface area contributed by atoms with Crippen molar-refractivity contribution in [2.75, 3.05) is 7.11 Å². The molecule has 0 atom stereocenters. The van der Waals surface area contributed by atoms with E-state index in [1.165, 1.54) is 30.6 Å². The summed E-state index contributed by atoms with van der Waals surface area (Å²) in [4.78, 5) is 13.0. The van der Waals surface area contributed by atoms with Crippen molar-refractivity contribution < 1.29 is 14.6 Å². The lowest BCUT2D eigenvalue weighted by Gasteiger charge is -2.57. The second-order valence-electron chi connectivity index (χ2n) is 8.84. The van der Waals surface area contributed by atoms with Crippen LogP contribution in [0.1, 0.15) is 64.9 Å². The molecule has 2 aromatic rings. The molecule has 4 aliphatic carbocycles. The minimum absolute atomic E-state index is 0.0341. The Morgan fingerprint density at radius 2 is 1.68 bits per heavy atom. The molecule has 0 aliphatic heterocycles. The van der Waals surface area contributed by atoms with Crippen molar-refractivity contribution in [3.63, 3.8) is 0 Å². The molecule has 1 heterocycles. The van der Waals surface area contributed by atoms with E-state index in [1.54, 1.807) is 7.11 Å². The minimum atomic E-state index is -0.806. The average molecular weight is 393 g/mol. The molecule has 0 spiro atoms. The molecule has 4 bridgehead atoms. The van der Waals surface area contributed by atoms with Crippen LogP contribution in [0, 0.1) is 29.6 Å². The fraction of sp³-hybridized carbons (Fsp3) is 0.458. The summed E-state index contributed by atoms with van der Waals surface area (Å²) in [7, 11) is 1.65. The van der Waals surface area contributed by atoms with Crippen LogP contribution in [0.4, 0.5) is 0 Å². The van der Waals surface area contributed by atoms with E-state index in [2.05, 4.69) is 11.8 Å². The second-order valence-corrected chi connectivity index (χ2v) is 9.71. The van der Waals surface area contributed by atoms with E-state index in [1.807, 2.05) is 29.6 Å². The zero-order chi connectivity index (χ0) is 19.3. The number of hydrogen-bond donors (Lipinski definition) is 1. The van der Waals surface area contributed by atoms with Crippen LogP contribution in [0.25, 0.3) is 0 Å². The highest BCUT2D eigenvalue weighted by molar-refractivity contribution is 7.11. The van der Waals surface area contributed by atoms with E-state index in [0.717, 1.165) is 58.8 Å². The van der Waals surface area contributed by atoms with Gasteiger partial charge in [0.25, 0.3) is 0 Å². The number of rotatable bonds is 3. The monoisotopic (exact) mass is 392 g/mol. The van der Waals surface area contributed by atoms with Gasteiger partial charge >= 0.3 is 5.97 Å². The standard InChI is InChI=1S/C24H24O3S/c1-27-19-5-2-15(3-6-19)4-7-21-22(20(14-28-21)23(25)26)24-11-16-8-17(12-24)10-18(9-16)13-24/h2-3,5-6,14,16-18H,8-13H2,1H3,(H,25,26). The quantitative estimate of drug-likeness (QED) is 0.719. The molecule has 1 N–H and O–H groups in total. The molecule has 28 heavy (non-hydrogen) atoms. The largest absolute Gasteiger partial charge is 0.497 e. The first-order valence-electron chi connectivity index (χ1n) is 10.1. The predicted octanol–water partition coefficient (Wildman–Crippen LogP) is 5.32. The number of methoxy groups -OCH3 is 1. The molecule has 0 unspecified atom stereocenters. The molecule has 1 aromatic heterocycles. The molecule has 4 saturated carbocycles. The number of carbonyl (C=O) groups is 1. The van der Waals surface area contributed by atoms with Gasteiger partial charge in [0.05, 0.1) is 17.6 Å². The van der Waals surface area contributed by atoms with Gasteiger partial charge in [-0.1, -0.05) is 11.8 Å². The van der Waals surface area contributed by atoms with Crippen molar-refractivity contribution in [3.8, 4) is 17.6 Å². The van der Waals surface area contributed by atoms with Crippen LogP contribution in [0.5, 0.6) is 5.75 Å². The van der Waals surface area contributed by atoms with Crippen LogP contribution in [0.15, 0.2) is 29.6 Å². The Kier molecular flexibility index (Phi) is 4.25. The third-order valence-corrected chi connectivity index (χ3v) is 7.90. The summed E-state index contributed by atoms with van der Waals surface area (Å²) in [5.74, 6) is 8.90. The fourth-order valence-corrected chi connectivity index (χ4v) is 7.36. The maximum Gasteiger partial charge on any atom is 0.336 e. The molecule has 1 aromatic carbocycles. The smallest absolute Gasteiger partial charge is 0.336 e. The van der Waals surface area contributed by atoms with E-state index < -0.39 is 5.97 Å². The van der Waals surface area contributed by atoms with Crippen molar-refractivity contribution in [1.82, 2.24) is 0 Å². The fourth-order valence-electron chi connectivity index (χ4n) is 6.35. The lowest BCUT2D eigenvalue weighted by Crippen LogP contribution is -2.49. The average Bonchev–Trinajstić information content (AvgIpc) is 3.11. The number of thiophene rings is 1. The molecule has 4 aliphatic rings. The van der Waals surface area contributed by atoms with E-state index in [9.17, 15) is 9.90 Å². The van der Waals surface area contributed by atoms with E-state index in [-0.39, 0.29) is 5.41 Å². The van der Waals surface area contributed by atoms with Crippen molar-refractivity contribution in [2.24, 2.45) is 17.8 Å². The van der Waals surface area contributed by atoms with Gasteiger partial charge in [0, 0.05) is 10.9 Å². The van der Waals surface area contributed by atoms with Gasteiger partial charge in [-0.3, -0.25) is 0 Å². The first kappa shape index (κ1) is 17.8. The summed E-state index contributed by atoms with van der Waals surface area (Å²) >= 11 is 1.50. The topological polar surface area (TPSA) is 46.5 Å². The summed E-state index contributed by atoms with van der Waals surface area (Å²) in [6.07, 6.45) is 7.48. The minimum Gasteiger partial charge on any atom is -0.497 e. The third-order valence-electron chi connectivity index (χ3n) is 7.00. The molecule has 4 heteroatoms.